The quantitative estimate of drug-likeness (QED) is 0.797. The van der Waals surface area contributed by atoms with Crippen molar-refractivity contribution in [2.45, 2.75) is 30.9 Å². The molecule has 0 fully saturated rings. The van der Waals surface area contributed by atoms with E-state index in [2.05, 4.69) is 12.1 Å². The topological polar surface area (TPSA) is 35.2 Å². The molecule has 0 bridgehead atoms. The molecule has 0 unspecified atom stereocenters. The van der Waals surface area contributed by atoms with Crippen molar-refractivity contribution < 1.29 is 9.13 Å². The number of benzene rings is 2. The van der Waals surface area contributed by atoms with E-state index < -0.39 is 0 Å². The van der Waals surface area contributed by atoms with E-state index in [0.717, 1.165) is 24.8 Å². The van der Waals surface area contributed by atoms with Crippen LogP contribution in [0.3, 0.4) is 0 Å². The van der Waals surface area contributed by atoms with Crippen molar-refractivity contribution >= 4 is 0 Å². The van der Waals surface area contributed by atoms with Crippen LogP contribution in [0.1, 0.15) is 29.2 Å². The number of hydrogen-bond acceptors (Lipinski definition) is 2. The number of rotatable bonds is 0. The summed E-state index contributed by atoms with van der Waals surface area (Å²) in [6.45, 7) is 0. The van der Waals surface area contributed by atoms with E-state index in [9.17, 15) is 4.39 Å². The fourth-order valence-electron chi connectivity index (χ4n) is 3.56. The largest absolute Gasteiger partial charge is 0.486 e. The van der Waals surface area contributed by atoms with Crippen LogP contribution in [0.5, 0.6) is 5.75 Å². The molecule has 102 valence electrons. The Morgan fingerprint density at radius 3 is 2.50 bits per heavy atom. The molecule has 0 saturated heterocycles. The summed E-state index contributed by atoms with van der Waals surface area (Å²) in [5, 5.41) is 0. The number of ether oxygens (including phenoxy) is 1. The first-order valence-electron chi connectivity index (χ1n) is 6.96. The summed E-state index contributed by atoms with van der Waals surface area (Å²) >= 11 is 0. The van der Waals surface area contributed by atoms with Gasteiger partial charge in [-0.2, -0.15) is 0 Å². The maximum Gasteiger partial charge on any atom is 0.127 e. The van der Waals surface area contributed by atoms with Gasteiger partial charge in [-0.1, -0.05) is 30.3 Å². The van der Waals surface area contributed by atoms with Crippen molar-refractivity contribution in [3.63, 3.8) is 0 Å². The van der Waals surface area contributed by atoms with Crippen LogP contribution in [0.4, 0.5) is 4.39 Å². The molecule has 2 aromatic carbocycles. The number of fused-ring (bicyclic) bond motifs is 2. The Bertz CT molecular complexity index is 657. The van der Waals surface area contributed by atoms with Gasteiger partial charge in [0.05, 0.1) is 0 Å². The van der Waals surface area contributed by atoms with Gasteiger partial charge in [0.15, 0.2) is 0 Å². The molecule has 0 saturated carbocycles. The second kappa shape index (κ2) is 4.06. The summed E-state index contributed by atoms with van der Waals surface area (Å²) in [7, 11) is 0. The van der Waals surface area contributed by atoms with Crippen molar-refractivity contribution in [3.8, 4) is 5.75 Å². The lowest BCUT2D eigenvalue weighted by Gasteiger charge is -2.38. The van der Waals surface area contributed by atoms with Crippen molar-refractivity contribution in [1.29, 1.82) is 0 Å². The second-order valence-corrected chi connectivity index (χ2v) is 5.90. The average Bonchev–Trinajstić information content (AvgIpc) is 2.74. The van der Waals surface area contributed by atoms with Crippen molar-refractivity contribution in [2.24, 2.45) is 5.73 Å². The number of nitrogens with two attached hydrogens (primary N) is 1. The Balaban J connectivity index is 1.74. The Morgan fingerprint density at radius 2 is 1.80 bits per heavy atom. The Labute approximate surface area is 117 Å². The molecular formula is C17H16FNO. The molecule has 1 aliphatic carbocycles. The predicted octanol–water partition coefficient (Wildman–Crippen LogP) is 3.15. The highest BCUT2D eigenvalue weighted by atomic mass is 19.1. The summed E-state index contributed by atoms with van der Waals surface area (Å²) in [6, 6.07) is 12.9. The lowest BCUT2D eigenvalue weighted by Crippen LogP contribution is -2.43. The molecule has 2 nitrogen and oxygen atoms in total. The summed E-state index contributed by atoms with van der Waals surface area (Å²) in [5.74, 6) is 0.333. The van der Waals surface area contributed by atoms with E-state index in [1.165, 1.54) is 23.3 Å². The maximum absolute atomic E-state index is 13.4. The second-order valence-electron chi connectivity index (χ2n) is 5.90. The molecule has 1 spiro atoms. The molecule has 2 aliphatic rings. The van der Waals surface area contributed by atoms with E-state index >= 15 is 0 Å². The van der Waals surface area contributed by atoms with Crippen LogP contribution in [0.2, 0.25) is 0 Å². The molecular weight excluding hydrogens is 253 g/mol. The monoisotopic (exact) mass is 269 g/mol. The van der Waals surface area contributed by atoms with Crippen molar-refractivity contribution in [3.05, 3.63) is 65.0 Å². The number of hydrogen-bond donors (Lipinski definition) is 1. The minimum atomic E-state index is -0.302. The molecule has 1 atom stereocenters. The highest BCUT2D eigenvalue weighted by Gasteiger charge is 2.44. The summed E-state index contributed by atoms with van der Waals surface area (Å²) in [4.78, 5) is 0. The zero-order valence-electron chi connectivity index (χ0n) is 11.1. The van der Waals surface area contributed by atoms with E-state index in [1.54, 1.807) is 6.07 Å². The Kier molecular flexibility index (Phi) is 2.42. The van der Waals surface area contributed by atoms with Crippen LogP contribution >= 0.6 is 0 Å². The average molecular weight is 269 g/mol. The predicted molar refractivity (Wildman–Crippen MR) is 75.2 cm³/mol. The highest BCUT2D eigenvalue weighted by Crippen LogP contribution is 2.45. The molecule has 0 aromatic heterocycles. The summed E-state index contributed by atoms with van der Waals surface area (Å²) in [5.41, 5.74) is 9.53. The van der Waals surface area contributed by atoms with Gasteiger partial charge in [0.2, 0.25) is 0 Å². The molecule has 4 rings (SSSR count). The first-order valence-corrected chi connectivity index (χ1v) is 6.96. The minimum Gasteiger partial charge on any atom is -0.486 e. The lowest BCUT2D eigenvalue weighted by molar-refractivity contribution is 0.0456. The fraction of sp³-hybridized carbons (Fsp3) is 0.294. The molecule has 20 heavy (non-hydrogen) atoms. The van der Waals surface area contributed by atoms with Gasteiger partial charge in [0.25, 0.3) is 0 Å². The fourth-order valence-corrected chi connectivity index (χ4v) is 3.56. The third-order valence-corrected chi connectivity index (χ3v) is 4.44. The van der Waals surface area contributed by atoms with Crippen LogP contribution in [0.25, 0.3) is 0 Å². The maximum atomic E-state index is 13.4. The zero-order valence-corrected chi connectivity index (χ0v) is 11.1. The van der Waals surface area contributed by atoms with Crippen LogP contribution in [0, 0.1) is 5.82 Å². The van der Waals surface area contributed by atoms with Crippen molar-refractivity contribution in [1.82, 2.24) is 0 Å². The van der Waals surface area contributed by atoms with Gasteiger partial charge in [0.1, 0.15) is 17.2 Å². The van der Waals surface area contributed by atoms with Gasteiger partial charge < -0.3 is 10.5 Å². The first kappa shape index (κ1) is 11.9. The van der Waals surface area contributed by atoms with Crippen LogP contribution < -0.4 is 10.5 Å². The third-order valence-electron chi connectivity index (χ3n) is 4.44. The molecule has 1 heterocycles. The minimum absolute atomic E-state index is 0.0892. The van der Waals surface area contributed by atoms with Crippen molar-refractivity contribution in [2.75, 3.05) is 0 Å². The van der Waals surface area contributed by atoms with Gasteiger partial charge in [0, 0.05) is 36.9 Å². The van der Waals surface area contributed by atoms with Crippen LogP contribution in [-0.4, -0.2) is 5.60 Å². The number of halogens is 1. The van der Waals surface area contributed by atoms with Gasteiger partial charge in [-0.15, -0.1) is 0 Å². The van der Waals surface area contributed by atoms with Gasteiger partial charge in [-0.25, -0.2) is 4.39 Å². The zero-order chi connectivity index (χ0) is 13.7. The van der Waals surface area contributed by atoms with Gasteiger partial charge >= 0.3 is 0 Å². The van der Waals surface area contributed by atoms with Gasteiger partial charge in [-0.3, -0.25) is 0 Å². The molecule has 0 radical (unpaired) electrons. The van der Waals surface area contributed by atoms with E-state index in [4.69, 9.17) is 10.5 Å². The van der Waals surface area contributed by atoms with Crippen LogP contribution in [-0.2, 0) is 12.8 Å². The van der Waals surface area contributed by atoms with E-state index in [-0.39, 0.29) is 17.5 Å². The van der Waals surface area contributed by atoms with E-state index in [1.807, 2.05) is 12.1 Å². The standard InChI is InChI=1S/C17H16FNO/c18-13-5-6-14-15(19)10-17(20-16(14)7-13)8-11-3-1-2-4-12(11)9-17/h1-7,15H,8-10,19H2/t15-/m1/s1. The normalized spacial score (nSPS) is 22.2. The Hall–Kier alpha value is -1.87. The first-order chi connectivity index (χ1) is 9.65. The van der Waals surface area contributed by atoms with Crippen LogP contribution in [0.15, 0.2) is 42.5 Å². The summed E-state index contributed by atoms with van der Waals surface area (Å²) < 4.78 is 19.6. The highest BCUT2D eigenvalue weighted by molar-refractivity contribution is 5.43. The SMILES string of the molecule is N[C@@H]1CC2(Cc3ccccc3C2)Oc2cc(F)ccc21. The summed E-state index contributed by atoms with van der Waals surface area (Å²) in [6.07, 6.45) is 2.49. The van der Waals surface area contributed by atoms with E-state index in [0.29, 0.717) is 5.75 Å². The molecule has 2 aromatic rings. The molecule has 0 amide bonds. The Morgan fingerprint density at radius 1 is 1.10 bits per heavy atom. The molecule has 1 aliphatic heterocycles. The molecule has 3 heteroatoms. The molecule has 2 N–H and O–H groups in total. The lowest BCUT2D eigenvalue weighted by atomic mass is 9.85. The van der Waals surface area contributed by atoms with Gasteiger partial charge in [-0.05, 0) is 17.2 Å². The third kappa shape index (κ3) is 1.74. The smallest absolute Gasteiger partial charge is 0.127 e.